The van der Waals surface area contributed by atoms with Crippen molar-refractivity contribution in [3.05, 3.63) is 0 Å². The Morgan fingerprint density at radius 1 is 1.00 bits per heavy atom. The Hall–Kier alpha value is -0.145. The minimum Gasteiger partial charge on any atom is -0.449 e. The van der Waals surface area contributed by atoms with Gasteiger partial charge < -0.3 is 12.9 Å². The van der Waals surface area contributed by atoms with Crippen molar-refractivity contribution in [2.45, 2.75) is 31.5 Å². The number of halogens is 3. The second kappa shape index (κ2) is 2.23. The van der Waals surface area contributed by atoms with E-state index >= 15 is 0 Å². The van der Waals surface area contributed by atoms with Crippen LogP contribution in [0.1, 0.15) is 25.7 Å². The molecule has 0 aromatic heterocycles. The van der Waals surface area contributed by atoms with Gasteiger partial charge in [-0.2, -0.15) is 0 Å². The Kier molecular flexibility index (Phi) is 1.73. The van der Waals surface area contributed by atoms with Gasteiger partial charge in [-0.05, 0) is 0 Å². The molecule has 0 heterocycles. The number of rotatable bonds is 1. The zero-order valence-electron chi connectivity index (χ0n) is 5.12. The highest BCUT2D eigenvalue weighted by atomic mass is 19.4. The van der Waals surface area contributed by atoms with E-state index in [-0.39, 0.29) is 0 Å². The molecule has 1 saturated carbocycles. The lowest BCUT2D eigenvalue weighted by Crippen LogP contribution is -2.21. The zero-order valence-corrected chi connectivity index (χ0v) is 5.12. The van der Waals surface area contributed by atoms with E-state index < -0.39 is 12.8 Å². The van der Waals surface area contributed by atoms with Gasteiger partial charge in [0.05, 0.1) is 0 Å². The van der Waals surface area contributed by atoms with Crippen LogP contribution in [-0.4, -0.2) is 6.98 Å². The molecule has 0 amide bonds. The predicted molar refractivity (Wildman–Crippen MR) is 31.3 cm³/mol. The third-order valence-electron chi connectivity index (χ3n) is 1.93. The van der Waals surface area contributed by atoms with Crippen LogP contribution < -0.4 is 0 Å². The summed E-state index contributed by atoms with van der Waals surface area (Å²) in [4.78, 5) is 0. The number of hydrogen-bond donors (Lipinski definition) is 0. The van der Waals surface area contributed by atoms with Gasteiger partial charge in [0.1, 0.15) is 0 Å². The molecular weight excluding hydrogens is 128 g/mol. The normalized spacial score (nSPS) is 23.0. The molecule has 0 radical (unpaired) electrons. The van der Waals surface area contributed by atoms with E-state index in [2.05, 4.69) is 0 Å². The van der Waals surface area contributed by atoms with Gasteiger partial charge in [-0.25, -0.2) is 0 Å². The average Bonchev–Trinajstić information content (AvgIpc) is 2.08. The van der Waals surface area contributed by atoms with Crippen molar-refractivity contribution >= 4 is 6.98 Å². The standard InChI is InChI=1S/C5H9BF3/c7-6(8,9)5-3-1-2-4-5/h5H,1-4H2/q-1. The van der Waals surface area contributed by atoms with Gasteiger partial charge in [0.15, 0.2) is 0 Å². The van der Waals surface area contributed by atoms with E-state index in [1.807, 2.05) is 0 Å². The molecule has 4 heteroatoms. The molecule has 1 rings (SSSR count). The monoisotopic (exact) mass is 137 g/mol. The van der Waals surface area contributed by atoms with Crippen molar-refractivity contribution < 1.29 is 12.9 Å². The predicted octanol–water partition coefficient (Wildman–Crippen LogP) is 2.78. The summed E-state index contributed by atoms with van der Waals surface area (Å²) in [5.41, 5.74) is 0. The van der Waals surface area contributed by atoms with Gasteiger partial charge in [-0.1, -0.05) is 31.5 Å². The maximum absolute atomic E-state index is 11.8. The van der Waals surface area contributed by atoms with Gasteiger partial charge in [0, 0.05) is 0 Å². The summed E-state index contributed by atoms with van der Waals surface area (Å²) in [6.45, 7) is -4.51. The largest absolute Gasteiger partial charge is 0.481 e. The molecule has 1 fully saturated rings. The smallest absolute Gasteiger partial charge is 0.449 e. The van der Waals surface area contributed by atoms with Gasteiger partial charge in [0.2, 0.25) is 0 Å². The summed E-state index contributed by atoms with van der Waals surface area (Å²) in [5.74, 6) is -0.926. The van der Waals surface area contributed by atoms with Gasteiger partial charge in [-0.3, -0.25) is 0 Å². The van der Waals surface area contributed by atoms with Gasteiger partial charge in [0.25, 0.3) is 0 Å². The highest BCUT2D eigenvalue weighted by molar-refractivity contribution is 6.60. The van der Waals surface area contributed by atoms with E-state index in [1.54, 1.807) is 0 Å². The molecule has 0 bridgehead atoms. The molecule has 54 valence electrons. The Bertz CT molecular complexity index is 92.9. The minimum atomic E-state index is -4.51. The van der Waals surface area contributed by atoms with Crippen LogP contribution in [0.4, 0.5) is 12.9 Å². The second-order valence-electron chi connectivity index (χ2n) is 2.67. The van der Waals surface area contributed by atoms with Crippen molar-refractivity contribution in [3.8, 4) is 0 Å². The molecule has 0 aliphatic heterocycles. The molecule has 0 spiro atoms. The fourth-order valence-corrected chi connectivity index (χ4v) is 1.34. The lowest BCUT2D eigenvalue weighted by Gasteiger charge is -2.20. The third-order valence-corrected chi connectivity index (χ3v) is 1.93. The van der Waals surface area contributed by atoms with Gasteiger partial charge in [-0.15, -0.1) is 0 Å². The van der Waals surface area contributed by atoms with Crippen LogP contribution in [0.3, 0.4) is 0 Å². The average molecular weight is 137 g/mol. The Morgan fingerprint density at radius 3 is 1.67 bits per heavy atom. The lowest BCUT2D eigenvalue weighted by atomic mass is 9.72. The van der Waals surface area contributed by atoms with Crippen molar-refractivity contribution in [1.82, 2.24) is 0 Å². The van der Waals surface area contributed by atoms with Crippen LogP contribution in [0.25, 0.3) is 0 Å². The second-order valence-corrected chi connectivity index (χ2v) is 2.67. The zero-order chi connectivity index (χ0) is 6.91. The van der Waals surface area contributed by atoms with Crippen LogP contribution in [0.5, 0.6) is 0 Å². The van der Waals surface area contributed by atoms with Crippen molar-refractivity contribution in [2.75, 3.05) is 0 Å². The highest BCUT2D eigenvalue weighted by Gasteiger charge is 2.35. The van der Waals surface area contributed by atoms with Crippen LogP contribution >= 0.6 is 0 Å². The number of hydrogen-bond acceptors (Lipinski definition) is 0. The van der Waals surface area contributed by atoms with Gasteiger partial charge >= 0.3 is 6.98 Å². The van der Waals surface area contributed by atoms with E-state index in [4.69, 9.17) is 0 Å². The van der Waals surface area contributed by atoms with E-state index in [1.165, 1.54) is 0 Å². The summed E-state index contributed by atoms with van der Waals surface area (Å²) in [6, 6.07) is 0. The lowest BCUT2D eigenvalue weighted by molar-refractivity contribution is 0.432. The SMILES string of the molecule is F[B-](F)(F)C1CCCC1. The van der Waals surface area contributed by atoms with Crippen molar-refractivity contribution in [1.29, 1.82) is 0 Å². The van der Waals surface area contributed by atoms with Crippen LogP contribution in [0, 0.1) is 0 Å². The molecule has 0 N–H and O–H groups in total. The summed E-state index contributed by atoms with van der Waals surface area (Å²) < 4.78 is 35.5. The van der Waals surface area contributed by atoms with Crippen molar-refractivity contribution in [3.63, 3.8) is 0 Å². The Labute approximate surface area is 52.5 Å². The molecule has 0 aromatic rings. The highest BCUT2D eigenvalue weighted by Crippen LogP contribution is 2.40. The summed E-state index contributed by atoms with van der Waals surface area (Å²) in [7, 11) is 0. The molecule has 0 aromatic carbocycles. The summed E-state index contributed by atoms with van der Waals surface area (Å²) in [6.07, 6.45) is 2.30. The molecule has 1 aliphatic rings. The fourth-order valence-electron chi connectivity index (χ4n) is 1.34. The minimum absolute atomic E-state index is 0.378. The molecule has 0 saturated heterocycles. The van der Waals surface area contributed by atoms with Crippen LogP contribution in [0.15, 0.2) is 0 Å². The first kappa shape index (κ1) is 6.97. The molecule has 0 nitrogen and oxygen atoms in total. The third kappa shape index (κ3) is 1.63. The maximum Gasteiger partial charge on any atom is 0.481 e. The molecule has 9 heavy (non-hydrogen) atoms. The molecular formula is C5H9BF3-. The van der Waals surface area contributed by atoms with Crippen LogP contribution in [-0.2, 0) is 0 Å². The summed E-state index contributed by atoms with van der Waals surface area (Å²) in [5, 5.41) is 0. The van der Waals surface area contributed by atoms with E-state index in [0.717, 1.165) is 12.8 Å². The van der Waals surface area contributed by atoms with Crippen molar-refractivity contribution in [2.24, 2.45) is 0 Å². The topological polar surface area (TPSA) is 0 Å². The maximum atomic E-state index is 11.8. The molecule has 0 unspecified atom stereocenters. The molecule has 0 atom stereocenters. The summed E-state index contributed by atoms with van der Waals surface area (Å²) >= 11 is 0. The fraction of sp³-hybridized carbons (Fsp3) is 1.00. The Balaban J connectivity index is 2.42. The Morgan fingerprint density at radius 2 is 1.44 bits per heavy atom. The van der Waals surface area contributed by atoms with E-state index in [0.29, 0.717) is 12.8 Å². The first-order valence-corrected chi connectivity index (χ1v) is 3.30. The molecule has 1 aliphatic carbocycles. The first-order chi connectivity index (χ1) is 4.11. The van der Waals surface area contributed by atoms with E-state index in [9.17, 15) is 12.9 Å². The quantitative estimate of drug-likeness (QED) is 0.487. The van der Waals surface area contributed by atoms with Crippen LogP contribution in [0.2, 0.25) is 5.82 Å². The first-order valence-electron chi connectivity index (χ1n) is 3.30.